The smallest absolute Gasteiger partial charge is 0.282 e. The first-order chi connectivity index (χ1) is 15.4. The fourth-order valence-electron chi connectivity index (χ4n) is 4.18. The maximum atomic E-state index is 13.1. The van der Waals surface area contributed by atoms with Gasteiger partial charge < -0.3 is 10.2 Å². The maximum Gasteiger partial charge on any atom is 0.282 e. The van der Waals surface area contributed by atoms with Crippen LogP contribution >= 0.6 is 11.6 Å². The summed E-state index contributed by atoms with van der Waals surface area (Å²) >= 11 is 6.27. The molecule has 0 saturated carbocycles. The summed E-state index contributed by atoms with van der Waals surface area (Å²) in [4.78, 5) is 24.3. The highest BCUT2D eigenvalue weighted by Crippen LogP contribution is 2.28. The third-order valence-corrected chi connectivity index (χ3v) is 6.31. The summed E-state index contributed by atoms with van der Waals surface area (Å²) in [7, 11) is 4.24. The van der Waals surface area contributed by atoms with E-state index in [9.17, 15) is 4.79 Å². The molecule has 162 valence electrons. The molecule has 0 radical (unpaired) electrons. The first-order valence-electron chi connectivity index (χ1n) is 10.5. The Bertz CT molecular complexity index is 1400. The number of nitrogens with zero attached hydrogens (tertiary/aromatic N) is 5. The highest BCUT2D eigenvalue weighted by molar-refractivity contribution is 6.32. The quantitative estimate of drug-likeness (QED) is 0.512. The van der Waals surface area contributed by atoms with Crippen LogP contribution in [0.4, 0.5) is 11.6 Å². The van der Waals surface area contributed by atoms with Crippen LogP contribution in [0.15, 0.2) is 53.5 Å². The lowest BCUT2D eigenvalue weighted by Crippen LogP contribution is -2.27. The van der Waals surface area contributed by atoms with E-state index in [4.69, 9.17) is 11.6 Å². The van der Waals surface area contributed by atoms with E-state index in [0.717, 1.165) is 18.5 Å². The zero-order valence-electron chi connectivity index (χ0n) is 18.1. The zero-order valence-corrected chi connectivity index (χ0v) is 18.9. The third-order valence-electron chi connectivity index (χ3n) is 5.99. The molecule has 0 fully saturated rings. The molecule has 2 aromatic heterocycles. The molecule has 32 heavy (non-hydrogen) atoms. The zero-order chi connectivity index (χ0) is 22.4. The van der Waals surface area contributed by atoms with Gasteiger partial charge in [0.25, 0.3) is 5.56 Å². The van der Waals surface area contributed by atoms with Crippen LogP contribution in [0.25, 0.3) is 16.6 Å². The summed E-state index contributed by atoms with van der Waals surface area (Å²) < 4.78 is 1.30. The predicted octanol–water partition coefficient (Wildman–Crippen LogP) is 3.91. The van der Waals surface area contributed by atoms with Crippen LogP contribution in [0, 0.1) is 6.92 Å². The number of anilines is 2. The van der Waals surface area contributed by atoms with Crippen molar-refractivity contribution >= 4 is 34.1 Å². The van der Waals surface area contributed by atoms with E-state index in [1.165, 1.54) is 15.8 Å². The van der Waals surface area contributed by atoms with Gasteiger partial charge in [0.15, 0.2) is 0 Å². The Hall–Kier alpha value is -3.29. The molecule has 1 aliphatic carbocycles. The number of aryl methyl sites for hydroxylation is 1. The summed E-state index contributed by atoms with van der Waals surface area (Å²) in [5, 5.41) is 8.57. The normalized spacial score (nSPS) is 15.3. The Morgan fingerprint density at radius 3 is 2.69 bits per heavy atom. The Morgan fingerprint density at radius 1 is 1.12 bits per heavy atom. The minimum absolute atomic E-state index is 0.308. The Morgan fingerprint density at radius 2 is 1.91 bits per heavy atom. The van der Waals surface area contributed by atoms with Crippen LogP contribution in [-0.2, 0) is 12.8 Å². The van der Waals surface area contributed by atoms with Crippen LogP contribution in [0.2, 0.25) is 5.02 Å². The molecule has 1 N–H and O–H groups in total. The van der Waals surface area contributed by atoms with Gasteiger partial charge in [0.05, 0.1) is 21.8 Å². The lowest BCUT2D eigenvalue weighted by Gasteiger charge is -2.17. The minimum atomic E-state index is -0.308. The standard InChI is InChI=1S/C24H23ClN6O/c1-14-22-19(23(32)31(29-14)21-7-5-4-6-20(21)25)13-26-24(28-22)27-17-9-8-15-11-18(30(2)3)12-16(15)10-17/h4-10,13,18H,11-12H2,1-3H3,(H,26,27,28). The van der Waals surface area contributed by atoms with E-state index in [2.05, 4.69) is 51.5 Å². The van der Waals surface area contributed by atoms with Gasteiger partial charge in [-0.3, -0.25) is 4.79 Å². The maximum absolute atomic E-state index is 13.1. The predicted molar refractivity (Wildman–Crippen MR) is 127 cm³/mol. The van der Waals surface area contributed by atoms with Gasteiger partial charge >= 0.3 is 0 Å². The second-order valence-corrected chi connectivity index (χ2v) is 8.75. The number of likely N-dealkylation sites (N-methyl/N-ethyl adjacent to an activating group) is 1. The van der Waals surface area contributed by atoms with Gasteiger partial charge in [0, 0.05) is 17.9 Å². The first kappa shape index (κ1) is 20.6. The molecule has 2 aromatic carbocycles. The Balaban J connectivity index is 1.48. The van der Waals surface area contributed by atoms with Gasteiger partial charge in [-0.1, -0.05) is 29.8 Å². The first-order valence-corrected chi connectivity index (χ1v) is 10.9. The Labute approximate surface area is 190 Å². The van der Waals surface area contributed by atoms with Crippen molar-refractivity contribution in [3.05, 3.63) is 80.9 Å². The topological polar surface area (TPSA) is 75.9 Å². The number of halogens is 1. The number of nitrogens with one attached hydrogen (secondary N) is 1. The van der Waals surface area contributed by atoms with Crippen LogP contribution < -0.4 is 10.9 Å². The molecule has 7 nitrogen and oxygen atoms in total. The lowest BCUT2D eigenvalue weighted by atomic mass is 10.1. The molecule has 8 heteroatoms. The van der Waals surface area contributed by atoms with Crippen molar-refractivity contribution in [3.63, 3.8) is 0 Å². The average Bonchev–Trinajstić information content (AvgIpc) is 3.21. The molecule has 0 spiro atoms. The van der Waals surface area contributed by atoms with E-state index in [0.29, 0.717) is 39.3 Å². The summed E-state index contributed by atoms with van der Waals surface area (Å²) in [6.45, 7) is 1.82. The second-order valence-electron chi connectivity index (χ2n) is 8.34. The summed E-state index contributed by atoms with van der Waals surface area (Å²) in [6.07, 6.45) is 3.64. The molecule has 5 rings (SSSR count). The number of hydrogen-bond donors (Lipinski definition) is 1. The number of fused-ring (bicyclic) bond motifs is 2. The van der Waals surface area contributed by atoms with Crippen molar-refractivity contribution in [2.75, 3.05) is 19.4 Å². The molecule has 0 aliphatic heterocycles. The van der Waals surface area contributed by atoms with Crippen molar-refractivity contribution in [2.45, 2.75) is 25.8 Å². The van der Waals surface area contributed by atoms with Gasteiger partial charge in [0.2, 0.25) is 5.95 Å². The van der Waals surface area contributed by atoms with Gasteiger partial charge in [-0.15, -0.1) is 0 Å². The summed E-state index contributed by atoms with van der Waals surface area (Å²) in [6, 6.07) is 14.0. The lowest BCUT2D eigenvalue weighted by molar-refractivity contribution is 0.303. The number of aromatic nitrogens is 4. The SMILES string of the molecule is Cc1nn(-c2ccccc2Cl)c(=O)c2cnc(Nc3ccc4c(c3)CC(N(C)C)C4)nc12. The molecular weight excluding hydrogens is 424 g/mol. The monoisotopic (exact) mass is 446 g/mol. The molecule has 0 saturated heterocycles. The third kappa shape index (κ3) is 3.63. The number of para-hydroxylation sites is 1. The van der Waals surface area contributed by atoms with E-state index in [1.54, 1.807) is 18.3 Å². The molecule has 1 aliphatic rings. The summed E-state index contributed by atoms with van der Waals surface area (Å²) in [5.74, 6) is 0.430. The van der Waals surface area contributed by atoms with Crippen molar-refractivity contribution in [2.24, 2.45) is 0 Å². The van der Waals surface area contributed by atoms with E-state index >= 15 is 0 Å². The Kier molecular flexibility index (Phi) is 5.15. The highest BCUT2D eigenvalue weighted by Gasteiger charge is 2.23. The molecule has 0 amide bonds. The van der Waals surface area contributed by atoms with Gasteiger partial charge in [-0.25, -0.2) is 9.97 Å². The second kappa shape index (κ2) is 8.00. The van der Waals surface area contributed by atoms with E-state index in [-0.39, 0.29) is 5.56 Å². The van der Waals surface area contributed by atoms with Crippen LogP contribution in [-0.4, -0.2) is 44.8 Å². The number of benzene rings is 2. The molecule has 4 aromatic rings. The van der Waals surface area contributed by atoms with Crippen molar-refractivity contribution in [1.82, 2.24) is 24.6 Å². The molecule has 1 unspecified atom stereocenters. The van der Waals surface area contributed by atoms with Gasteiger partial charge in [-0.05, 0) is 69.3 Å². The molecular formula is C24H23ClN6O. The average molecular weight is 447 g/mol. The van der Waals surface area contributed by atoms with Gasteiger partial charge in [-0.2, -0.15) is 9.78 Å². The number of rotatable bonds is 4. The van der Waals surface area contributed by atoms with Crippen molar-refractivity contribution < 1.29 is 0 Å². The van der Waals surface area contributed by atoms with Crippen LogP contribution in [0.5, 0.6) is 0 Å². The molecule has 2 heterocycles. The minimum Gasteiger partial charge on any atom is -0.324 e. The fraction of sp³-hybridized carbons (Fsp3) is 0.250. The largest absolute Gasteiger partial charge is 0.324 e. The van der Waals surface area contributed by atoms with E-state index < -0.39 is 0 Å². The molecule has 1 atom stereocenters. The summed E-state index contributed by atoms with van der Waals surface area (Å²) in [5.41, 5.74) is 5.01. The van der Waals surface area contributed by atoms with Crippen LogP contribution in [0.3, 0.4) is 0 Å². The highest BCUT2D eigenvalue weighted by atomic mass is 35.5. The fourth-order valence-corrected chi connectivity index (χ4v) is 4.40. The van der Waals surface area contributed by atoms with Gasteiger partial charge in [0.1, 0.15) is 5.52 Å². The van der Waals surface area contributed by atoms with Crippen LogP contribution in [0.1, 0.15) is 16.8 Å². The van der Waals surface area contributed by atoms with Crippen molar-refractivity contribution in [3.8, 4) is 5.69 Å². The van der Waals surface area contributed by atoms with Crippen molar-refractivity contribution in [1.29, 1.82) is 0 Å². The number of hydrogen-bond acceptors (Lipinski definition) is 6. The van der Waals surface area contributed by atoms with E-state index in [1.807, 2.05) is 25.1 Å². The molecule has 0 bridgehead atoms.